The summed E-state index contributed by atoms with van der Waals surface area (Å²) < 4.78 is 35.1. The first kappa shape index (κ1) is 18.4. The second-order valence-electron chi connectivity index (χ2n) is 5.69. The van der Waals surface area contributed by atoms with Crippen LogP contribution in [0.5, 0.6) is 0 Å². The van der Waals surface area contributed by atoms with Crippen LogP contribution in [0.3, 0.4) is 0 Å². The van der Waals surface area contributed by atoms with Gasteiger partial charge >= 0.3 is 0 Å². The van der Waals surface area contributed by atoms with Crippen LogP contribution in [-0.4, -0.2) is 36.8 Å². The molecule has 0 saturated carbocycles. The van der Waals surface area contributed by atoms with Gasteiger partial charge in [0.1, 0.15) is 5.82 Å². The van der Waals surface area contributed by atoms with Crippen molar-refractivity contribution in [1.29, 1.82) is 0 Å². The van der Waals surface area contributed by atoms with E-state index in [9.17, 15) is 18.3 Å². The molecule has 0 amide bonds. The molecule has 1 N–H and O–H groups in total. The molecule has 0 spiro atoms. The van der Waals surface area contributed by atoms with Gasteiger partial charge in [-0.05, 0) is 41.3 Å². The number of aromatic nitrogens is 2. The number of aliphatic hydroxyl groups excluding tert-OH is 1. The number of benzene rings is 1. The first-order chi connectivity index (χ1) is 11.3. The molecule has 0 fully saturated rings. The Morgan fingerprint density at radius 2 is 1.92 bits per heavy atom. The molecule has 0 aliphatic carbocycles. The van der Waals surface area contributed by atoms with Crippen molar-refractivity contribution in [3.63, 3.8) is 0 Å². The fourth-order valence-electron chi connectivity index (χ4n) is 2.36. The molecule has 1 atom stereocenters. The molecule has 0 bridgehead atoms. The lowest BCUT2D eigenvalue weighted by Crippen LogP contribution is -2.25. The maximum Gasteiger partial charge on any atom is 0.226 e. The summed E-state index contributed by atoms with van der Waals surface area (Å²) in [5.74, 6) is -0.390. The minimum absolute atomic E-state index is 0.000697. The zero-order chi connectivity index (χ0) is 17.9. The van der Waals surface area contributed by atoms with Crippen LogP contribution in [0.1, 0.15) is 31.0 Å². The summed E-state index contributed by atoms with van der Waals surface area (Å²) in [7, 11) is 1.57. The maximum absolute atomic E-state index is 13.2. The molecule has 1 heterocycles. The van der Waals surface area contributed by atoms with E-state index >= 15 is 0 Å². The summed E-state index contributed by atoms with van der Waals surface area (Å²) in [5.41, 5.74) is 2.28. The lowest BCUT2D eigenvalue weighted by Gasteiger charge is -2.22. The Morgan fingerprint density at radius 3 is 2.42 bits per heavy atom. The molecule has 2 rings (SSSR count). The van der Waals surface area contributed by atoms with Crippen molar-refractivity contribution in [2.24, 2.45) is 0 Å². The number of nitrogens with zero attached hydrogens (tertiary/aromatic N) is 3. The summed E-state index contributed by atoms with van der Waals surface area (Å²) in [6, 6.07) is 5.75. The van der Waals surface area contributed by atoms with Gasteiger partial charge in [-0.3, -0.25) is 4.21 Å². The zero-order valence-corrected chi connectivity index (χ0v) is 14.5. The lowest BCUT2D eigenvalue weighted by molar-refractivity contribution is 0.279. The fraction of sp³-hybridized carbons (Fsp3) is 0.375. The van der Waals surface area contributed by atoms with Crippen LogP contribution in [0.2, 0.25) is 0 Å². The molecule has 1 aromatic carbocycles. The van der Waals surface area contributed by atoms with E-state index in [4.69, 9.17) is 0 Å². The van der Waals surface area contributed by atoms with Gasteiger partial charge < -0.3 is 14.6 Å². The number of anilines is 1. The van der Waals surface area contributed by atoms with E-state index in [0.717, 1.165) is 0 Å². The topological polar surface area (TPSA) is 89.4 Å². The number of halogens is 1. The van der Waals surface area contributed by atoms with E-state index in [-0.39, 0.29) is 30.2 Å². The number of rotatable bonds is 6. The van der Waals surface area contributed by atoms with Crippen LogP contribution in [0.15, 0.2) is 24.3 Å². The van der Waals surface area contributed by atoms with Crippen molar-refractivity contribution in [3.8, 4) is 11.3 Å². The number of hydrogen-bond acceptors (Lipinski definition) is 6. The molecule has 6 nitrogen and oxygen atoms in total. The zero-order valence-electron chi connectivity index (χ0n) is 13.7. The first-order valence-electron chi connectivity index (χ1n) is 7.38. The highest BCUT2D eigenvalue weighted by Crippen LogP contribution is 2.30. The van der Waals surface area contributed by atoms with E-state index in [2.05, 4.69) is 9.97 Å². The van der Waals surface area contributed by atoms with Crippen molar-refractivity contribution in [3.05, 3.63) is 41.3 Å². The third-order valence-corrected chi connectivity index (χ3v) is 4.09. The maximum atomic E-state index is 13.2. The van der Waals surface area contributed by atoms with E-state index in [1.807, 2.05) is 13.8 Å². The second-order valence-corrected chi connectivity index (χ2v) is 6.55. The molecule has 24 heavy (non-hydrogen) atoms. The average molecular weight is 352 g/mol. The third-order valence-electron chi connectivity index (χ3n) is 3.49. The molecule has 1 unspecified atom stereocenters. The summed E-state index contributed by atoms with van der Waals surface area (Å²) in [6.07, 6.45) is 0. The standard InChI is InChI=1S/C16H20FN3O3S/c1-10(2)14-13(8-21)15(11-4-6-12(17)7-5-11)19-16(18-14)20(3)9-24(22)23/h4-7,10,21H,8-9H2,1-3H3,(H,22,23)/p-1. The van der Waals surface area contributed by atoms with Gasteiger partial charge in [0.05, 0.1) is 23.9 Å². The van der Waals surface area contributed by atoms with Crippen molar-refractivity contribution in [1.82, 2.24) is 9.97 Å². The molecule has 0 aliphatic rings. The predicted octanol–water partition coefficient (Wildman–Crippen LogP) is 2.17. The Hall–Kier alpha value is -1.90. The van der Waals surface area contributed by atoms with Crippen molar-refractivity contribution in [2.75, 3.05) is 17.8 Å². The molecule has 1 aromatic heterocycles. The van der Waals surface area contributed by atoms with Crippen LogP contribution in [0.4, 0.5) is 10.3 Å². The quantitative estimate of drug-likeness (QED) is 0.802. The second kappa shape index (κ2) is 7.78. The number of aliphatic hydroxyl groups is 1. The highest BCUT2D eigenvalue weighted by atomic mass is 32.2. The SMILES string of the molecule is CC(C)c1nc(N(C)CS(=O)[O-])nc(-c2ccc(F)cc2)c1CO. The van der Waals surface area contributed by atoms with Gasteiger partial charge in [0.2, 0.25) is 5.95 Å². The van der Waals surface area contributed by atoms with Gasteiger partial charge in [-0.25, -0.2) is 14.4 Å². The largest absolute Gasteiger partial charge is 0.771 e. The Bertz CT molecular complexity index is 738. The van der Waals surface area contributed by atoms with E-state index in [0.29, 0.717) is 22.5 Å². The van der Waals surface area contributed by atoms with Crippen molar-refractivity contribution < 1.29 is 18.3 Å². The Labute approximate surface area is 142 Å². The monoisotopic (exact) mass is 352 g/mol. The Morgan fingerprint density at radius 1 is 1.29 bits per heavy atom. The smallest absolute Gasteiger partial charge is 0.226 e. The molecule has 0 aliphatic heterocycles. The average Bonchev–Trinajstić information content (AvgIpc) is 2.53. The molecule has 8 heteroatoms. The van der Waals surface area contributed by atoms with Gasteiger partial charge in [-0.15, -0.1) is 0 Å². The molecule has 2 aromatic rings. The van der Waals surface area contributed by atoms with Crippen LogP contribution >= 0.6 is 0 Å². The minimum atomic E-state index is -2.28. The van der Waals surface area contributed by atoms with E-state index in [1.165, 1.54) is 17.0 Å². The van der Waals surface area contributed by atoms with Gasteiger partial charge in [-0.1, -0.05) is 13.8 Å². The molecule has 0 saturated heterocycles. The summed E-state index contributed by atoms with van der Waals surface area (Å²) in [4.78, 5) is 10.2. The molecular formula is C16H19FN3O3S-. The van der Waals surface area contributed by atoms with Crippen LogP contribution < -0.4 is 4.90 Å². The third kappa shape index (κ3) is 4.14. The Kier molecular flexibility index (Phi) is 5.98. The summed E-state index contributed by atoms with van der Waals surface area (Å²) in [5, 5.41) is 9.77. The van der Waals surface area contributed by atoms with Crippen molar-refractivity contribution >= 4 is 17.0 Å². The van der Waals surface area contributed by atoms with Crippen LogP contribution in [0.25, 0.3) is 11.3 Å². The van der Waals surface area contributed by atoms with Gasteiger partial charge in [-0.2, -0.15) is 0 Å². The normalized spacial score (nSPS) is 12.5. The molecule has 0 radical (unpaired) electrons. The highest BCUT2D eigenvalue weighted by Gasteiger charge is 2.19. The van der Waals surface area contributed by atoms with Gasteiger partial charge in [0.15, 0.2) is 0 Å². The van der Waals surface area contributed by atoms with Gasteiger partial charge in [0.25, 0.3) is 0 Å². The van der Waals surface area contributed by atoms with Crippen molar-refractivity contribution in [2.45, 2.75) is 26.4 Å². The van der Waals surface area contributed by atoms with E-state index < -0.39 is 11.1 Å². The van der Waals surface area contributed by atoms with Gasteiger partial charge in [0, 0.05) is 18.2 Å². The highest BCUT2D eigenvalue weighted by molar-refractivity contribution is 7.79. The summed E-state index contributed by atoms with van der Waals surface area (Å²) in [6.45, 7) is 3.58. The Balaban J connectivity index is 2.63. The lowest BCUT2D eigenvalue weighted by atomic mass is 9.99. The fourth-order valence-corrected chi connectivity index (χ4v) is 2.79. The predicted molar refractivity (Wildman–Crippen MR) is 89.6 cm³/mol. The molecular weight excluding hydrogens is 333 g/mol. The molecule has 130 valence electrons. The first-order valence-corrected chi connectivity index (χ1v) is 8.62. The van der Waals surface area contributed by atoms with Crippen LogP contribution in [0, 0.1) is 5.82 Å². The van der Waals surface area contributed by atoms with Crippen LogP contribution in [-0.2, 0) is 17.7 Å². The minimum Gasteiger partial charge on any atom is -0.771 e. The summed E-state index contributed by atoms with van der Waals surface area (Å²) >= 11 is -2.28. The number of hydrogen-bond donors (Lipinski definition) is 1. The van der Waals surface area contributed by atoms with E-state index in [1.54, 1.807) is 19.2 Å².